The van der Waals surface area contributed by atoms with Crippen molar-refractivity contribution < 1.29 is 28.5 Å². The molecular weight excluding hydrogens is 358 g/mol. The first kappa shape index (κ1) is 15.8. The third-order valence-corrected chi connectivity index (χ3v) is 5.00. The lowest BCUT2D eigenvalue weighted by Gasteiger charge is -2.24. The fraction of sp³-hybridized carbons (Fsp3) is 0.923. The van der Waals surface area contributed by atoms with Crippen molar-refractivity contribution in [2.45, 2.75) is 66.2 Å². The maximum Gasteiger partial charge on any atom is 0.241 e. The zero-order valence-electron chi connectivity index (χ0n) is 11.5. The normalized spacial score (nSPS) is 44.1. The number of hydrogen-bond donors (Lipinski definition) is 0. The molecule has 1 aliphatic carbocycles. The van der Waals surface area contributed by atoms with Gasteiger partial charge in [-0.15, -0.1) is 0 Å². The summed E-state index contributed by atoms with van der Waals surface area (Å²) >= 11 is 17.1. The lowest BCUT2D eigenvalue weighted by Crippen LogP contribution is -2.40. The molecule has 0 N–H and O–H groups in total. The summed E-state index contributed by atoms with van der Waals surface area (Å²) in [5.74, 6) is -0.807. The maximum absolute atomic E-state index is 12.5. The molecule has 3 aliphatic heterocycles. The third kappa shape index (κ3) is 2.58. The van der Waals surface area contributed by atoms with Gasteiger partial charge in [-0.25, -0.2) is 0 Å². The van der Waals surface area contributed by atoms with Gasteiger partial charge < -0.3 is 23.7 Å². The van der Waals surface area contributed by atoms with E-state index in [1.807, 2.05) is 0 Å². The Hall–Kier alpha value is 0.340. The molecule has 3 heterocycles. The van der Waals surface area contributed by atoms with E-state index >= 15 is 0 Å². The summed E-state index contributed by atoms with van der Waals surface area (Å²) in [6.07, 6.45) is -0.293. The number of Topliss-reactive ketones (excluding diaryl/α,β-unsaturated/α-hetero) is 1. The first-order chi connectivity index (χ1) is 10.4. The van der Waals surface area contributed by atoms with Gasteiger partial charge >= 0.3 is 0 Å². The van der Waals surface area contributed by atoms with E-state index in [0.29, 0.717) is 6.61 Å². The van der Waals surface area contributed by atoms with Gasteiger partial charge in [0, 0.05) is 12.8 Å². The number of rotatable bonds is 1. The van der Waals surface area contributed by atoms with E-state index < -0.39 is 40.5 Å². The molecule has 0 bridgehead atoms. The summed E-state index contributed by atoms with van der Waals surface area (Å²) in [7, 11) is 0. The van der Waals surface area contributed by atoms with Crippen LogP contribution in [0.15, 0.2) is 0 Å². The first-order valence-corrected chi connectivity index (χ1v) is 8.40. The SMILES string of the molecule is O=C1[C@H]2OC(C(Cl)(Cl)Cl)O[C@H]2O[C@@H]1[C@H]1COC2(CCCC2)O1. The molecule has 5 atom stereocenters. The molecule has 1 saturated carbocycles. The van der Waals surface area contributed by atoms with Gasteiger partial charge in [-0.3, -0.25) is 4.79 Å². The largest absolute Gasteiger partial charge is 0.347 e. The minimum atomic E-state index is -1.77. The highest BCUT2D eigenvalue weighted by Gasteiger charge is 2.59. The van der Waals surface area contributed by atoms with Crippen LogP contribution in [-0.4, -0.2) is 52.9 Å². The summed E-state index contributed by atoms with van der Waals surface area (Å²) in [5, 5.41) is 0. The molecule has 4 aliphatic rings. The van der Waals surface area contributed by atoms with Crippen LogP contribution >= 0.6 is 34.8 Å². The van der Waals surface area contributed by atoms with E-state index in [9.17, 15) is 4.79 Å². The Kier molecular flexibility index (Phi) is 3.91. The summed E-state index contributed by atoms with van der Waals surface area (Å²) in [6.45, 7) is 0.323. The molecule has 0 aromatic carbocycles. The van der Waals surface area contributed by atoms with Gasteiger partial charge in [0.05, 0.1) is 6.61 Å². The monoisotopic (exact) mass is 372 g/mol. The van der Waals surface area contributed by atoms with Crippen LogP contribution < -0.4 is 0 Å². The van der Waals surface area contributed by atoms with Crippen molar-refractivity contribution in [2.24, 2.45) is 0 Å². The molecule has 1 unspecified atom stereocenters. The van der Waals surface area contributed by atoms with Gasteiger partial charge in [-0.05, 0) is 12.8 Å². The molecule has 0 aromatic heterocycles. The summed E-state index contributed by atoms with van der Waals surface area (Å²) in [5.41, 5.74) is 0. The second kappa shape index (κ2) is 5.43. The van der Waals surface area contributed by atoms with Gasteiger partial charge in [0.2, 0.25) is 10.1 Å². The number of ketones is 1. The summed E-state index contributed by atoms with van der Waals surface area (Å²) < 4.78 is 26.3. The molecule has 22 heavy (non-hydrogen) atoms. The van der Waals surface area contributed by atoms with Crippen molar-refractivity contribution in [2.75, 3.05) is 6.61 Å². The number of ether oxygens (including phenoxy) is 5. The van der Waals surface area contributed by atoms with Crippen LogP contribution in [-0.2, 0) is 28.5 Å². The quantitative estimate of drug-likeness (QED) is 0.656. The van der Waals surface area contributed by atoms with E-state index in [4.69, 9.17) is 58.5 Å². The van der Waals surface area contributed by atoms with E-state index in [2.05, 4.69) is 0 Å². The van der Waals surface area contributed by atoms with Crippen LogP contribution in [0.4, 0.5) is 0 Å². The molecular formula is C13H15Cl3O6. The van der Waals surface area contributed by atoms with Crippen molar-refractivity contribution >= 4 is 40.6 Å². The molecule has 0 amide bonds. The maximum atomic E-state index is 12.5. The Morgan fingerprint density at radius 3 is 2.41 bits per heavy atom. The smallest absolute Gasteiger partial charge is 0.241 e. The van der Waals surface area contributed by atoms with Crippen LogP contribution in [0.25, 0.3) is 0 Å². The average molecular weight is 374 g/mol. The molecule has 3 saturated heterocycles. The molecule has 0 radical (unpaired) electrons. The van der Waals surface area contributed by atoms with E-state index in [-0.39, 0.29) is 5.78 Å². The van der Waals surface area contributed by atoms with Gasteiger partial charge in [0.15, 0.2) is 30.1 Å². The number of carbonyl (C=O) groups excluding carboxylic acids is 1. The van der Waals surface area contributed by atoms with Gasteiger partial charge in [0.1, 0.15) is 6.10 Å². The van der Waals surface area contributed by atoms with Crippen molar-refractivity contribution in [1.29, 1.82) is 0 Å². The Balaban J connectivity index is 1.42. The van der Waals surface area contributed by atoms with Crippen LogP contribution in [0.2, 0.25) is 0 Å². The predicted molar refractivity (Wildman–Crippen MR) is 75.7 cm³/mol. The van der Waals surface area contributed by atoms with Gasteiger partial charge in [-0.2, -0.15) is 0 Å². The number of hydrogen-bond acceptors (Lipinski definition) is 6. The molecule has 9 heteroatoms. The fourth-order valence-electron chi connectivity index (χ4n) is 3.43. The molecule has 4 rings (SSSR count). The minimum Gasteiger partial charge on any atom is -0.347 e. The van der Waals surface area contributed by atoms with Crippen molar-refractivity contribution in [3.8, 4) is 0 Å². The highest BCUT2D eigenvalue weighted by atomic mass is 35.6. The molecule has 0 aromatic rings. The Labute approximate surface area is 142 Å². The topological polar surface area (TPSA) is 63.2 Å². The Morgan fingerprint density at radius 1 is 1.05 bits per heavy atom. The molecule has 6 nitrogen and oxygen atoms in total. The first-order valence-electron chi connectivity index (χ1n) is 7.27. The standard InChI is InChI=1S/C13H15Cl3O6/c14-13(15,16)11-20-9-7(17)8(19-10(9)21-11)6-5-18-12(22-6)3-1-2-4-12/h6,8-11H,1-5H2/t6-,8-,9-,10-,11?/m1/s1. The fourth-order valence-corrected chi connectivity index (χ4v) is 3.74. The van der Waals surface area contributed by atoms with Gasteiger partial charge in [-0.1, -0.05) is 34.8 Å². The number of carbonyl (C=O) groups is 1. The van der Waals surface area contributed by atoms with Gasteiger partial charge in [0.25, 0.3) is 0 Å². The van der Waals surface area contributed by atoms with E-state index in [0.717, 1.165) is 25.7 Å². The number of alkyl halides is 3. The van der Waals surface area contributed by atoms with E-state index in [1.165, 1.54) is 0 Å². The average Bonchev–Trinajstić information content (AvgIpc) is 3.17. The number of fused-ring (bicyclic) bond motifs is 1. The minimum absolute atomic E-state index is 0.259. The lowest BCUT2D eigenvalue weighted by atomic mass is 10.1. The van der Waals surface area contributed by atoms with Crippen molar-refractivity contribution in [3.05, 3.63) is 0 Å². The number of halogens is 3. The summed E-state index contributed by atoms with van der Waals surface area (Å²) in [6, 6.07) is 0. The molecule has 4 fully saturated rings. The summed E-state index contributed by atoms with van der Waals surface area (Å²) in [4.78, 5) is 12.5. The van der Waals surface area contributed by atoms with Crippen LogP contribution in [0, 0.1) is 0 Å². The highest BCUT2D eigenvalue weighted by Crippen LogP contribution is 2.44. The van der Waals surface area contributed by atoms with Crippen LogP contribution in [0.3, 0.4) is 0 Å². The molecule has 1 spiro atoms. The zero-order valence-corrected chi connectivity index (χ0v) is 13.8. The van der Waals surface area contributed by atoms with Crippen molar-refractivity contribution in [1.82, 2.24) is 0 Å². The zero-order chi connectivity index (χ0) is 15.5. The van der Waals surface area contributed by atoms with Crippen LogP contribution in [0.1, 0.15) is 25.7 Å². The predicted octanol–water partition coefficient (Wildman–Crippen LogP) is 2.08. The highest BCUT2D eigenvalue weighted by molar-refractivity contribution is 6.67. The Bertz CT molecular complexity index is 475. The Morgan fingerprint density at radius 2 is 1.77 bits per heavy atom. The molecule has 124 valence electrons. The third-order valence-electron chi connectivity index (χ3n) is 4.46. The second-order valence-corrected chi connectivity index (χ2v) is 8.35. The lowest BCUT2D eigenvalue weighted by molar-refractivity contribution is -0.198. The van der Waals surface area contributed by atoms with Crippen molar-refractivity contribution in [3.63, 3.8) is 0 Å². The second-order valence-electron chi connectivity index (χ2n) is 5.98. The van der Waals surface area contributed by atoms with Crippen LogP contribution in [0.5, 0.6) is 0 Å². The van der Waals surface area contributed by atoms with E-state index in [1.54, 1.807) is 0 Å².